The SMILES string of the molecule is CCCCCN(C(=O)Cn1nc2n(c1=O)CCCCC2)C(C)CCC. The number of aryl methyl sites for hydroxylation is 1. The minimum absolute atomic E-state index is 0.0208. The summed E-state index contributed by atoms with van der Waals surface area (Å²) in [6.45, 7) is 7.99. The second kappa shape index (κ2) is 9.78. The molecule has 1 aliphatic heterocycles. The summed E-state index contributed by atoms with van der Waals surface area (Å²) < 4.78 is 3.14. The molecule has 0 aromatic carbocycles. The summed E-state index contributed by atoms with van der Waals surface area (Å²) in [5.41, 5.74) is -0.123. The van der Waals surface area contributed by atoms with Crippen molar-refractivity contribution in [1.29, 1.82) is 0 Å². The second-order valence-corrected chi connectivity index (χ2v) is 7.25. The van der Waals surface area contributed by atoms with Crippen molar-refractivity contribution in [2.45, 2.75) is 97.7 Å². The minimum Gasteiger partial charge on any atom is -0.338 e. The molecule has 0 saturated heterocycles. The highest BCUT2D eigenvalue weighted by Gasteiger charge is 2.22. The summed E-state index contributed by atoms with van der Waals surface area (Å²) in [7, 11) is 0. The molecule has 0 N–H and O–H groups in total. The number of hydrogen-bond donors (Lipinski definition) is 0. The number of aromatic nitrogens is 3. The monoisotopic (exact) mass is 350 g/mol. The quantitative estimate of drug-likeness (QED) is 0.643. The number of unbranched alkanes of at least 4 members (excludes halogenated alkanes) is 2. The fourth-order valence-electron chi connectivity index (χ4n) is 3.64. The molecule has 0 bridgehead atoms. The zero-order valence-corrected chi connectivity index (χ0v) is 16.2. The van der Waals surface area contributed by atoms with Gasteiger partial charge in [-0.1, -0.05) is 39.5 Å². The van der Waals surface area contributed by atoms with Gasteiger partial charge in [-0.15, -0.1) is 0 Å². The summed E-state index contributed by atoms with van der Waals surface area (Å²) >= 11 is 0. The number of rotatable bonds is 9. The molecule has 1 unspecified atom stereocenters. The van der Waals surface area contributed by atoms with Crippen molar-refractivity contribution in [2.75, 3.05) is 6.54 Å². The van der Waals surface area contributed by atoms with Crippen LogP contribution in [-0.4, -0.2) is 37.7 Å². The number of fused-ring (bicyclic) bond motifs is 1. The molecule has 2 heterocycles. The van der Waals surface area contributed by atoms with Crippen LogP contribution in [0, 0.1) is 0 Å². The number of nitrogens with zero attached hydrogens (tertiary/aromatic N) is 4. The molecule has 142 valence electrons. The Kier molecular flexibility index (Phi) is 7.72. The Morgan fingerprint density at radius 1 is 1.20 bits per heavy atom. The standard InChI is InChI=1S/C19H34N4O2/c1-4-6-9-13-21(16(3)11-5-2)18(24)15-23-19(25)22-14-10-7-8-12-17(22)20-23/h16H,4-15H2,1-3H3. The lowest BCUT2D eigenvalue weighted by atomic mass is 10.1. The molecule has 1 atom stereocenters. The Labute approximate surface area is 151 Å². The molecule has 0 radical (unpaired) electrons. The van der Waals surface area contributed by atoms with Gasteiger partial charge >= 0.3 is 5.69 Å². The van der Waals surface area contributed by atoms with E-state index in [-0.39, 0.29) is 24.2 Å². The van der Waals surface area contributed by atoms with E-state index in [0.29, 0.717) is 0 Å². The van der Waals surface area contributed by atoms with Crippen LogP contribution in [0.1, 0.15) is 78.0 Å². The third-order valence-corrected chi connectivity index (χ3v) is 5.13. The van der Waals surface area contributed by atoms with Gasteiger partial charge in [0.25, 0.3) is 0 Å². The van der Waals surface area contributed by atoms with E-state index in [2.05, 4.69) is 25.9 Å². The molecular weight excluding hydrogens is 316 g/mol. The van der Waals surface area contributed by atoms with Crippen molar-refractivity contribution in [3.8, 4) is 0 Å². The summed E-state index contributed by atoms with van der Waals surface area (Å²) in [6, 6.07) is 0.213. The maximum Gasteiger partial charge on any atom is 0.346 e. The van der Waals surface area contributed by atoms with E-state index in [4.69, 9.17) is 0 Å². The molecule has 1 aromatic heterocycles. The van der Waals surface area contributed by atoms with E-state index >= 15 is 0 Å². The van der Waals surface area contributed by atoms with Gasteiger partial charge in [0.2, 0.25) is 5.91 Å². The van der Waals surface area contributed by atoms with E-state index in [1.54, 1.807) is 4.57 Å². The Bertz CT molecular complexity index is 605. The summed E-state index contributed by atoms with van der Waals surface area (Å²) in [6.07, 6.45) is 9.39. The summed E-state index contributed by atoms with van der Waals surface area (Å²) in [5, 5.41) is 4.45. The molecule has 0 spiro atoms. The van der Waals surface area contributed by atoms with Gasteiger partial charge in [0.15, 0.2) is 0 Å². The molecule has 1 amide bonds. The lowest BCUT2D eigenvalue weighted by Gasteiger charge is -2.29. The molecular formula is C19H34N4O2. The predicted octanol–water partition coefficient (Wildman–Crippen LogP) is 2.98. The summed E-state index contributed by atoms with van der Waals surface area (Å²) in [4.78, 5) is 27.4. The van der Waals surface area contributed by atoms with E-state index in [1.165, 1.54) is 4.68 Å². The Balaban J connectivity index is 2.10. The first-order valence-electron chi connectivity index (χ1n) is 10.0. The van der Waals surface area contributed by atoms with E-state index in [0.717, 1.165) is 76.7 Å². The van der Waals surface area contributed by atoms with Crippen LogP contribution in [0.2, 0.25) is 0 Å². The normalized spacial score (nSPS) is 15.5. The van der Waals surface area contributed by atoms with Crippen LogP contribution < -0.4 is 5.69 Å². The lowest BCUT2D eigenvalue weighted by molar-refractivity contribution is -0.134. The van der Waals surface area contributed by atoms with Crippen molar-refractivity contribution >= 4 is 5.91 Å². The lowest BCUT2D eigenvalue weighted by Crippen LogP contribution is -2.43. The number of carbonyl (C=O) groups is 1. The van der Waals surface area contributed by atoms with E-state index < -0.39 is 0 Å². The Morgan fingerprint density at radius 3 is 2.72 bits per heavy atom. The highest BCUT2D eigenvalue weighted by molar-refractivity contribution is 5.76. The van der Waals surface area contributed by atoms with Gasteiger partial charge < -0.3 is 4.90 Å². The maximum absolute atomic E-state index is 12.9. The van der Waals surface area contributed by atoms with Gasteiger partial charge in [0.1, 0.15) is 12.4 Å². The fourth-order valence-corrected chi connectivity index (χ4v) is 3.64. The van der Waals surface area contributed by atoms with Gasteiger partial charge in [-0.3, -0.25) is 9.36 Å². The minimum atomic E-state index is -0.123. The van der Waals surface area contributed by atoms with Crippen molar-refractivity contribution in [1.82, 2.24) is 19.2 Å². The van der Waals surface area contributed by atoms with Crippen LogP contribution in [0.5, 0.6) is 0 Å². The third kappa shape index (κ3) is 5.19. The predicted molar refractivity (Wildman–Crippen MR) is 99.7 cm³/mol. The molecule has 0 saturated carbocycles. The molecule has 25 heavy (non-hydrogen) atoms. The first kappa shape index (κ1) is 19.7. The fraction of sp³-hybridized carbons (Fsp3) is 0.842. The van der Waals surface area contributed by atoms with Crippen LogP contribution in [-0.2, 0) is 24.3 Å². The van der Waals surface area contributed by atoms with Gasteiger partial charge in [0, 0.05) is 25.6 Å². The molecule has 2 rings (SSSR count). The molecule has 0 fully saturated rings. The van der Waals surface area contributed by atoms with Gasteiger partial charge in [-0.25, -0.2) is 9.48 Å². The second-order valence-electron chi connectivity index (χ2n) is 7.25. The van der Waals surface area contributed by atoms with Gasteiger partial charge in [-0.2, -0.15) is 5.10 Å². The highest BCUT2D eigenvalue weighted by Crippen LogP contribution is 2.12. The van der Waals surface area contributed by atoms with Crippen molar-refractivity contribution in [2.24, 2.45) is 0 Å². The third-order valence-electron chi connectivity index (χ3n) is 5.13. The number of hydrogen-bond acceptors (Lipinski definition) is 3. The Morgan fingerprint density at radius 2 is 2.00 bits per heavy atom. The molecule has 1 aliphatic rings. The van der Waals surface area contributed by atoms with Gasteiger partial charge in [-0.05, 0) is 32.6 Å². The maximum atomic E-state index is 12.9. The largest absolute Gasteiger partial charge is 0.346 e. The Hall–Kier alpha value is -1.59. The van der Waals surface area contributed by atoms with Crippen LogP contribution >= 0.6 is 0 Å². The number of carbonyl (C=O) groups excluding carboxylic acids is 1. The smallest absolute Gasteiger partial charge is 0.338 e. The van der Waals surface area contributed by atoms with Crippen LogP contribution in [0.4, 0.5) is 0 Å². The zero-order valence-electron chi connectivity index (χ0n) is 16.2. The first-order chi connectivity index (χ1) is 12.1. The van der Waals surface area contributed by atoms with E-state index in [1.807, 2.05) is 4.90 Å². The molecule has 6 heteroatoms. The molecule has 0 aliphatic carbocycles. The van der Waals surface area contributed by atoms with Crippen molar-refractivity contribution in [3.63, 3.8) is 0 Å². The van der Waals surface area contributed by atoms with Crippen LogP contribution in [0.3, 0.4) is 0 Å². The average molecular weight is 351 g/mol. The highest BCUT2D eigenvalue weighted by atomic mass is 16.2. The molecule has 6 nitrogen and oxygen atoms in total. The first-order valence-corrected chi connectivity index (χ1v) is 10.0. The number of amides is 1. The summed E-state index contributed by atoms with van der Waals surface area (Å²) in [5.74, 6) is 0.863. The van der Waals surface area contributed by atoms with Crippen molar-refractivity contribution in [3.05, 3.63) is 16.3 Å². The van der Waals surface area contributed by atoms with Crippen LogP contribution in [0.25, 0.3) is 0 Å². The average Bonchev–Trinajstić information content (AvgIpc) is 2.76. The molecule has 1 aromatic rings. The van der Waals surface area contributed by atoms with Crippen LogP contribution in [0.15, 0.2) is 4.79 Å². The zero-order chi connectivity index (χ0) is 18.2. The topological polar surface area (TPSA) is 60.1 Å². The van der Waals surface area contributed by atoms with Crippen molar-refractivity contribution < 1.29 is 4.79 Å². The van der Waals surface area contributed by atoms with Gasteiger partial charge in [0.05, 0.1) is 0 Å². The van der Waals surface area contributed by atoms with E-state index in [9.17, 15) is 9.59 Å².